The molecular formula is C30H23N5O4S. The molecule has 5 rings (SSSR count). The molecule has 2 N–H and O–H groups in total. The molecule has 0 spiro atoms. The molecule has 5 aromatic rings. The van der Waals surface area contributed by atoms with E-state index in [0.717, 1.165) is 11.1 Å². The normalized spacial score (nSPS) is 10.6. The number of aryl methyl sites for hydroxylation is 1. The number of ether oxygens (including phenoxy) is 1. The molecule has 40 heavy (non-hydrogen) atoms. The van der Waals surface area contributed by atoms with Crippen LogP contribution in [0.2, 0.25) is 0 Å². The lowest BCUT2D eigenvalue weighted by molar-refractivity contribution is 0.102. The maximum atomic E-state index is 13.2. The molecule has 0 aliphatic rings. The number of H-pyrrole nitrogens is 1. The predicted octanol–water partition coefficient (Wildman–Crippen LogP) is 5.83. The summed E-state index contributed by atoms with van der Waals surface area (Å²) in [5.41, 5.74) is 3.43. The van der Waals surface area contributed by atoms with Crippen molar-refractivity contribution in [3.8, 4) is 34.3 Å². The van der Waals surface area contributed by atoms with Crippen LogP contribution in [0, 0.1) is 18.3 Å². The molecule has 0 fully saturated rings. The Labute approximate surface area is 233 Å². The highest BCUT2D eigenvalue weighted by atomic mass is 32.2. The fourth-order valence-electron chi connectivity index (χ4n) is 4.12. The number of aromatic amines is 1. The standard InChI is InChI=1S/C30H23N5O4S/c1-18-25(27(35-39-18)20-9-4-3-5-10-20)29(37)32-22-12-6-8-19(14-22)17-40-30-33-26(24(16-31)28(36)34-30)21-11-7-13-23(15-21)38-2/h3-15H,17H2,1-2H3,(H,32,37)(H,33,34,36). The van der Waals surface area contributed by atoms with Crippen LogP contribution in [0.3, 0.4) is 0 Å². The molecule has 10 heteroatoms. The van der Waals surface area contributed by atoms with Crippen molar-refractivity contribution in [2.45, 2.75) is 17.8 Å². The molecule has 0 bridgehead atoms. The lowest BCUT2D eigenvalue weighted by Gasteiger charge is -2.09. The molecule has 0 saturated carbocycles. The third-order valence-corrected chi connectivity index (χ3v) is 6.99. The molecule has 2 aromatic heterocycles. The van der Waals surface area contributed by atoms with Gasteiger partial charge in [-0.3, -0.25) is 9.59 Å². The van der Waals surface area contributed by atoms with Crippen molar-refractivity contribution >= 4 is 23.4 Å². The minimum Gasteiger partial charge on any atom is -0.497 e. The summed E-state index contributed by atoms with van der Waals surface area (Å²) in [6.45, 7) is 1.70. The number of carbonyl (C=O) groups excluding carboxylic acids is 1. The number of rotatable bonds is 8. The van der Waals surface area contributed by atoms with Crippen LogP contribution < -0.4 is 15.6 Å². The first-order valence-electron chi connectivity index (χ1n) is 12.2. The van der Waals surface area contributed by atoms with E-state index in [9.17, 15) is 14.9 Å². The van der Waals surface area contributed by atoms with Crippen molar-refractivity contribution in [1.82, 2.24) is 15.1 Å². The number of hydrogen-bond acceptors (Lipinski definition) is 8. The number of nitrogens with zero attached hydrogens (tertiary/aromatic N) is 3. The van der Waals surface area contributed by atoms with Crippen LogP contribution in [0.15, 0.2) is 93.3 Å². The van der Waals surface area contributed by atoms with Gasteiger partial charge in [0, 0.05) is 22.6 Å². The van der Waals surface area contributed by atoms with E-state index in [2.05, 4.69) is 20.4 Å². The largest absolute Gasteiger partial charge is 0.497 e. The maximum Gasteiger partial charge on any atom is 0.270 e. The number of nitriles is 1. The second-order valence-corrected chi connectivity index (χ2v) is 9.67. The Kier molecular flexibility index (Phi) is 7.75. The smallest absolute Gasteiger partial charge is 0.270 e. The fourth-order valence-corrected chi connectivity index (χ4v) is 4.92. The van der Waals surface area contributed by atoms with Gasteiger partial charge >= 0.3 is 0 Å². The van der Waals surface area contributed by atoms with E-state index in [4.69, 9.17) is 9.26 Å². The summed E-state index contributed by atoms with van der Waals surface area (Å²) in [5.74, 6) is 1.14. The first kappa shape index (κ1) is 26.5. The van der Waals surface area contributed by atoms with Crippen LogP contribution in [0.4, 0.5) is 5.69 Å². The topological polar surface area (TPSA) is 134 Å². The van der Waals surface area contributed by atoms with E-state index in [0.29, 0.717) is 44.9 Å². The Bertz CT molecular complexity index is 1790. The van der Waals surface area contributed by atoms with Gasteiger partial charge in [-0.2, -0.15) is 5.26 Å². The minimum absolute atomic E-state index is 0.0683. The van der Waals surface area contributed by atoms with Crippen LogP contribution in [0.25, 0.3) is 22.5 Å². The van der Waals surface area contributed by atoms with Gasteiger partial charge in [0.15, 0.2) is 5.16 Å². The van der Waals surface area contributed by atoms with Gasteiger partial charge in [0.2, 0.25) is 0 Å². The zero-order chi connectivity index (χ0) is 28.1. The summed E-state index contributed by atoms with van der Waals surface area (Å²) in [5, 5.41) is 16.9. The molecule has 0 aliphatic heterocycles. The molecule has 0 radical (unpaired) electrons. The second-order valence-electron chi connectivity index (χ2n) is 8.71. The molecule has 3 aromatic carbocycles. The number of aromatic nitrogens is 3. The van der Waals surface area contributed by atoms with E-state index in [1.54, 1.807) is 44.4 Å². The third-order valence-electron chi connectivity index (χ3n) is 6.05. The number of amides is 1. The summed E-state index contributed by atoms with van der Waals surface area (Å²) in [4.78, 5) is 33.1. The highest BCUT2D eigenvalue weighted by Crippen LogP contribution is 2.28. The maximum absolute atomic E-state index is 13.2. The highest BCUT2D eigenvalue weighted by molar-refractivity contribution is 7.98. The number of methoxy groups -OCH3 is 1. The van der Waals surface area contributed by atoms with Gasteiger partial charge < -0.3 is 19.6 Å². The summed E-state index contributed by atoms with van der Waals surface area (Å²) in [7, 11) is 1.54. The lowest BCUT2D eigenvalue weighted by Crippen LogP contribution is -2.15. The Balaban J connectivity index is 1.34. The lowest BCUT2D eigenvalue weighted by atomic mass is 10.1. The number of hydrogen-bond donors (Lipinski definition) is 2. The Morgan fingerprint density at radius 2 is 1.82 bits per heavy atom. The quantitative estimate of drug-likeness (QED) is 0.183. The zero-order valence-corrected chi connectivity index (χ0v) is 22.4. The van der Waals surface area contributed by atoms with Crippen LogP contribution in [-0.2, 0) is 5.75 Å². The Morgan fingerprint density at radius 1 is 1.05 bits per heavy atom. The molecule has 2 heterocycles. The van der Waals surface area contributed by atoms with Crippen LogP contribution in [-0.4, -0.2) is 28.1 Å². The van der Waals surface area contributed by atoms with Gasteiger partial charge in [0.05, 0.1) is 12.8 Å². The number of thioether (sulfide) groups is 1. The van der Waals surface area contributed by atoms with Gasteiger partial charge in [-0.05, 0) is 36.8 Å². The average Bonchev–Trinajstić information content (AvgIpc) is 3.38. The molecule has 0 aliphatic carbocycles. The average molecular weight is 550 g/mol. The monoisotopic (exact) mass is 549 g/mol. The van der Waals surface area contributed by atoms with Gasteiger partial charge in [-0.25, -0.2) is 4.98 Å². The molecule has 9 nitrogen and oxygen atoms in total. The predicted molar refractivity (Wildman–Crippen MR) is 152 cm³/mol. The summed E-state index contributed by atoms with van der Waals surface area (Å²) >= 11 is 1.31. The third kappa shape index (κ3) is 5.65. The number of carbonyl (C=O) groups is 1. The molecule has 0 saturated heterocycles. The summed E-state index contributed by atoms with van der Waals surface area (Å²) in [6, 6.07) is 25.7. The van der Waals surface area contributed by atoms with Crippen LogP contribution in [0.5, 0.6) is 5.75 Å². The van der Waals surface area contributed by atoms with Crippen LogP contribution in [0.1, 0.15) is 27.2 Å². The minimum atomic E-state index is -0.517. The first-order valence-corrected chi connectivity index (χ1v) is 13.2. The Hall–Kier alpha value is -5.14. The van der Waals surface area contributed by atoms with E-state index in [1.165, 1.54) is 11.8 Å². The molecule has 0 atom stereocenters. The van der Waals surface area contributed by atoms with Crippen molar-refractivity contribution in [3.63, 3.8) is 0 Å². The summed E-state index contributed by atoms with van der Waals surface area (Å²) < 4.78 is 10.6. The van der Waals surface area contributed by atoms with E-state index in [-0.39, 0.29) is 17.2 Å². The molecule has 198 valence electrons. The fraction of sp³-hybridized carbons (Fsp3) is 0.100. The van der Waals surface area contributed by atoms with Gasteiger partial charge in [0.1, 0.15) is 34.4 Å². The molecule has 0 unspecified atom stereocenters. The van der Waals surface area contributed by atoms with Crippen molar-refractivity contribution in [2.24, 2.45) is 0 Å². The molecular weight excluding hydrogens is 526 g/mol. The van der Waals surface area contributed by atoms with Gasteiger partial charge in [-0.1, -0.05) is 71.5 Å². The van der Waals surface area contributed by atoms with E-state index < -0.39 is 5.56 Å². The number of benzene rings is 3. The van der Waals surface area contributed by atoms with Crippen LogP contribution >= 0.6 is 11.8 Å². The molecule has 1 amide bonds. The Morgan fingerprint density at radius 3 is 2.60 bits per heavy atom. The zero-order valence-electron chi connectivity index (χ0n) is 21.6. The van der Waals surface area contributed by atoms with Gasteiger partial charge in [-0.15, -0.1) is 0 Å². The van der Waals surface area contributed by atoms with Crippen molar-refractivity contribution in [2.75, 3.05) is 12.4 Å². The number of anilines is 1. The SMILES string of the molecule is COc1cccc(-c2nc(SCc3cccc(NC(=O)c4c(-c5ccccc5)noc4C)c3)[nH]c(=O)c2C#N)c1. The van der Waals surface area contributed by atoms with E-state index >= 15 is 0 Å². The summed E-state index contributed by atoms with van der Waals surface area (Å²) in [6.07, 6.45) is 0. The van der Waals surface area contributed by atoms with Crippen molar-refractivity contribution < 1.29 is 14.1 Å². The first-order chi connectivity index (χ1) is 19.5. The highest BCUT2D eigenvalue weighted by Gasteiger charge is 2.22. The van der Waals surface area contributed by atoms with Crippen molar-refractivity contribution in [3.05, 3.63) is 112 Å². The number of nitrogens with one attached hydrogen (secondary N) is 2. The second kappa shape index (κ2) is 11.7. The van der Waals surface area contributed by atoms with E-state index in [1.807, 2.05) is 54.6 Å². The van der Waals surface area contributed by atoms with Gasteiger partial charge in [0.25, 0.3) is 11.5 Å². The van der Waals surface area contributed by atoms with Crippen molar-refractivity contribution in [1.29, 1.82) is 5.26 Å².